The molecule has 0 saturated heterocycles. The minimum absolute atomic E-state index is 0.416. The first-order valence-electron chi connectivity index (χ1n) is 12.2. The Bertz CT molecular complexity index is 1470. The van der Waals surface area contributed by atoms with Crippen LogP contribution in [-0.2, 0) is 0 Å². The standard InChI is InChI=1S/C16H17N3S2.C14H13N3S2/c1-11-7-3-5-9-13(11)18-15(17)21-16(20)19-14-10-6-4-8-12(14)2;15-13(16-11-7-3-1-4-8-11)19-14(18)17-12-9-5-2-6-10-12/h3-10H,1-2H3,(H2,17,18)(H,19,20);1-10H,(H2,15,16)(H,17,18). The number of nitrogens with one attached hydrogen (secondary N) is 2. The Morgan fingerprint density at radius 3 is 1.73 bits per heavy atom. The van der Waals surface area contributed by atoms with Crippen LogP contribution in [0.5, 0.6) is 0 Å². The number of nitrogens with two attached hydrogens (primary N) is 2. The Balaban J connectivity index is 0.000000222. The zero-order valence-corrected chi connectivity index (χ0v) is 25.3. The molecule has 0 saturated carbocycles. The summed E-state index contributed by atoms with van der Waals surface area (Å²) in [5.41, 5.74) is 17.6. The average Bonchev–Trinajstić information content (AvgIpc) is 2.92. The number of para-hydroxylation sites is 4. The summed E-state index contributed by atoms with van der Waals surface area (Å²) in [6.07, 6.45) is 0. The van der Waals surface area contributed by atoms with Gasteiger partial charge in [-0.25, -0.2) is 9.98 Å². The second-order valence-corrected chi connectivity index (χ2v) is 11.6. The Morgan fingerprint density at radius 1 is 0.600 bits per heavy atom. The van der Waals surface area contributed by atoms with E-state index in [4.69, 9.17) is 35.9 Å². The summed E-state index contributed by atoms with van der Waals surface area (Å²) in [5, 5.41) is 7.11. The lowest BCUT2D eigenvalue weighted by Gasteiger charge is -2.09. The van der Waals surface area contributed by atoms with E-state index in [0.717, 1.165) is 33.9 Å². The molecule has 4 aromatic carbocycles. The van der Waals surface area contributed by atoms with E-state index in [1.807, 2.05) is 123 Å². The van der Waals surface area contributed by atoms with Crippen molar-refractivity contribution in [1.29, 1.82) is 0 Å². The molecule has 4 rings (SSSR count). The summed E-state index contributed by atoms with van der Waals surface area (Å²) in [4.78, 5) is 8.66. The molecule has 6 N–H and O–H groups in total. The number of thiocarbonyl (C=S) groups is 2. The molecule has 6 nitrogen and oxygen atoms in total. The van der Waals surface area contributed by atoms with Crippen LogP contribution in [0.3, 0.4) is 0 Å². The quantitative estimate of drug-likeness (QED) is 0.105. The number of aliphatic imine (C=N–C) groups is 2. The Kier molecular flexibility index (Phi) is 12.7. The van der Waals surface area contributed by atoms with E-state index < -0.39 is 0 Å². The minimum atomic E-state index is 0.416. The van der Waals surface area contributed by atoms with Gasteiger partial charge in [-0.1, -0.05) is 97.2 Å². The molecule has 40 heavy (non-hydrogen) atoms. The molecule has 0 amide bonds. The van der Waals surface area contributed by atoms with Gasteiger partial charge in [-0.15, -0.1) is 0 Å². The molecule has 0 aliphatic heterocycles. The van der Waals surface area contributed by atoms with Crippen LogP contribution in [0.15, 0.2) is 119 Å². The molecular formula is C30H30N6S4. The molecular weight excluding hydrogens is 573 g/mol. The summed E-state index contributed by atoms with van der Waals surface area (Å²) >= 11 is 13.0. The summed E-state index contributed by atoms with van der Waals surface area (Å²) in [6.45, 7) is 4.03. The van der Waals surface area contributed by atoms with Gasteiger partial charge >= 0.3 is 0 Å². The highest BCUT2D eigenvalue weighted by atomic mass is 32.2. The number of rotatable bonds is 4. The summed E-state index contributed by atoms with van der Waals surface area (Å²) in [5.74, 6) is 0. The van der Waals surface area contributed by atoms with Crippen molar-refractivity contribution in [3.63, 3.8) is 0 Å². The topological polar surface area (TPSA) is 101 Å². The largest absolute Gasteiger partial charge is 0.378 e. The molecule has 204 valence electrons. The van der Waals surface area contributed by atoms with Crippen molar-refractivity contribution in [1.82, 2.24) is 0 Å². The van der Waals surface area contributed by atoms with Crippen molar-refractivity contribution < 1.29 is 0 Å². The normalized spacial score (nSPS) is 11.2. The summed E-state index contributed by atoms with van der Waals surface area (Å²) in [7, 11) is 0. The monoisotopic (exact) mass is 602 g/mol. The summed E-state index contributed by atoms with van der Waals surface area (Å²) in [6, 6.07) is 35.1. The molecule has 0 aromatic heterocycles. The fourth-order valence-electron chi connectivity index (χ4n) is 3.19. The second-order valence-electron chi connectivity index (χ2n) is 8.23. The van der Waals surface area contributed by atoms with Gasteiger partial charge in [-0.05, 0) is 84.9 Å². The second kappa shape index (κ2) is 16.4. The lowest BCUT2D eigenvalue weighted by atomic mass is 10.2. The Morgan fingerprint density at radius 2 is 1.10 bits per heavy atom. The highest BCUT2D eigenvalue weighted by molar-refractivity contribution is 8.33. The van der Waals surface area contributed by atoms with E-state index in [-0.39, 0.29) is 0 Å². The zero-order chi connectivity index (χ0) is 28.7. The third-order valence-corrected chi connectivity index (χ3v) is 7.02. The highest BCUT2D eigenvalue weighted by Gasteiger charge is 2.05. The number of hydrogen-bond acceptors (Lipinski definition) is 6. The number of nitrogens with zero attached hydrogens (tertiary/aromatic N) is 2. The SMILES string of the molecule is Cc1ccccc1N=C(N)SC(=S)Nc1ccccc1C.NC(=Nc1ccccc1)SC(=S)Nc1ccccc1. The molecule has 0 heterocycles. The predicted octanol–water partition coefficient (Wildman–Crippen LogP) is 8.14. The van der Waals surface area contributed by atoms with E-state index in [1.165, 1.54) is 23.5 Å². The Hall–Kier alpha value is -3.70. The van der Waals surface area contributed by atoms with Gasteiger partial charge in [0.15, 0.2) is 10.3 Å². The van der Waals surface area contributed by atoms with Gasteiger partial charge in [0.1, 0.15) is 8.64 Å². The van der Waals surface area contributed by atoms with Crippen LogP contribution >= 0.6 is 48.0 Å². The number of thioether (sulfide) groups is 2. The van der Waals surface area contributed by atoms with Gasteiger partial charge in [-0.2, -0.15) is 0 Å². The molecule has 0 aliphatic carbocycles. The molecule has 10 heteroatoms. The fourth-order valence-corrected chi connectivity index (χ4v) is 4.93. The van der Waals surface area contributed by atoms with E-state index in [1.54, 1.807) is 0 Å². The maximum absolute atomic E-state index is 5.95. The van der Waals surface area contributed by atoms with Crippen LogP contribution < -0.4 is 22.1 Å². The van der Waals surface area contributed by atoms with Gasteiger partial charge in [0, 0.05) is 11.4 Å². The maximum atomic E-state index is 5.95. The van der Waals surface area contributed by atoms with Gasteiger partial charge in [0.25, 0.3) is 0 Å². The van der Waals surface area contributed by atoms with E-state index in [0.29, 0.717) is 19.0 Å². The van der Waals surface area contributed by atoms with Crippen molar-refractivity contribution in [2.24, 2.45) is 21.5 Å². The molecule has 0 spiro atoms. The number of anilines is 2. The fraction of sp³-hybridized carbons (Fsp3) is 0.0667. The zero-order valence-electron chi connectivity index (χ0n) is 22.1. The van der Waals surface area contributed by atoms with Gasteiger partial charge in [0.05, 0.1) is 11.4 Å². The third-order valence-electron chi connectivity index (χ3n) is 5.14. The van der Waals surface area contributed by atoms with Crippen LogP contribution in [0.4, 0.5) is 22.7 Å². The van der Waals surface area contributed by atoms with Crippen molar-refractivity contribution in [3.8, 4) is 0 Å². The van der Waals surface area contributed by atoms with Crippen LogP contribution in [-0.4, -0.2) is 19.0 Å². The Labute approximate surface area is 254 Å². The lowest BCUT2D eigenvalue weighted by Crippen LogP contribution is -2.14. The molecule has 0 fully saturated rings. The van der Waals surface area contributed by atoms with Gasteiger partial charge < -0.3 is 22.1 Å². The third kappa shape index (κ3) is 11.2. The highest BCUT2D eigenvalue weighted by Crippen LogP contribution is 2.21. The van der Waals surface area contributed by atoms with Crippen molar-refractivity contribution >= 4 is 89.7 Å². The van der Waals surface area contributed by atoms with E-state index in [2.05, 4.69) is 20.6 Å². The predicted molar refractivity (Wildman–Crippen MR) is 185 cm³/mol. The van der Waals surface area contributed by atoms with Gasteiger partial charge in [0.2, 0.25) is 0 Å². The molecule has 0 bridgehead atoms. The molecule has 0 radical (unpaired) electrons. The smallest absolute Gasteiger partial charge is 0.166 e. The first kappa shape index (κ1) is 30.8. The van der Waals surface area contributed by atoms with Crippen LogP contribution in [0.25, 0.3) is 0 Å². The minimum Gasteiger partial charge on any atom is -0.378 e. The number of aryl methyl sites for hydroxylation is 2. The summed E-state index contributed by atoms with van der Waals surface area (Å²) < 4.78 is 1.16. The van der Waals surface area contributed by atoms with Crippen molar-refractivity contribution in [3.05, 3.63) is 120 Å². The number of amidine groups is 2. The molecule has 4 aromatic rings. The number of hydrogen-bond donors (Lipinski definition) is 4. The van der Waals surface area contributed by atoms with Gasteiger partial charge in [-0.3, -0.25) is 0 Å². The lowest BCUT2D eigenvalue weighted by molar-refractivity contribution is 1.40. The molecule has 0 aliphatic rings. The average molecular weight is 603 g/mol. The van der Waals surface area contributed by atoms with Crippen LogP contribution in [0.2, 0.25) is 0 Å². The van der Waals surface area contributed by atoms with Crippen molar-refractivity contribution in [2.75, 3.05) is 10.6 Å². The first-order chi connectivity index (χ1) is 19.3. The molecule has 0 atom stereocenters. The maximum Gasteiger partial charge on any atom is 0.166 e. The number of benzene rings is 4. The van der Waals surface area contributed by atoms with Crippen LogP contribution in [0, 0.1) is 13.8 Å². The first-order valence-corrected chi connectivity index (χ1v) is 14.6. The molecule has 0 unspecified atom stereocenters. The van der Waals surface area contributed by atoms with Crippen LogP contribution in [0.1, 0.15) is 11.1 Å². The van der Waals surface area contributed by atoms with E-state index >= 15 is 0 Å². The van der Waals surface area contributed by atoms with Crippen molar-refractivity contribution in [2.45, 2.75) is 13.8 Å². The van der Waals surface area contributed by atoms with E-state index in [9.17, 15) is 0 Å².